The predicted octanol–water partition coefficient (Wildman–Crippen LogP) is 4.19. The van der Waals surface area contributed by atoms with E-state index in [9.17, 15) is 9.59 Å². The van der Waals surface area contributed by atoms with Crippen LogP contribution in [0.5, 0.6) is 0 Å². The standard InChI is InChI=1S/C21H26N2O2/c1-4-17-7-11-18(12-8-17)16(3)23-21(25)22-14-13-20(24)19-9-5-15(2)6-10-19/h5-12,16H,4,13-14H2,1-3H3,(H2,22,23,25). The Hall–Kier alpha value is -2.62. The molecule has 1 atom stereocenters. The molecule has 132 valence electrons. The SMILES string of the molecule is CCc1ccc(C(C)NC(=O)NCCC(=O)c2ccc(C)cc2)cc1. The van der Waals surface area contributed by atoms with Gasteiger partial charge in [-0.25, -0.2) is 4.79 Å². The number of hydrogen-bond donors (Lipinski definition) is 2. The number of amides is 2. The van der Waals surface area contributed by atoms with Gasteiger partial charge in [0.2, 0.25) is 0 Å². The van der Waals surface area contributed by atoms with Crippen LogP contribution in [0.1, 0.15) is 53.4 Å². The van der Waals surface area contributed by atoms with Gasteiger partial charge in [-0.1, -0.05) is 61.0 Å². The van der Waals surface area contributed by atoms with Crippen LogP contribution >= 0.6 is 0 Å². The molecule has 4 nitrogen and oxygen atoms in total. The monoisotopic (exact) mass is 338 g/mol. The zero-order valence-electron chi connectivity index (χ0n) is 15.1. The van der Waals surface area contributed by atoms with Crippen molar-refractivity contribution in [3.63, 3.8) is 0 Å². The van der Waals surface area contributed by atoms with Crippen LogP contribution in [-0.4, -0.2) is 18.4 Å². The lowest BCUT2D eigenvalue weighted by Crippen LogP contribution is -2.38. The molecule has 0 bridgehead atoms. The largest absolute Gasteiger partial charge is 0.338 e. The summed E-state index contributed by atoms with van der Waals surface area (Å²) in [5.41, 5.74) is 4.13. The Kier molecular flexibility index (Phi) is 6.75. The van der Waals surface area contributed by atoms with Crippen LogP contribution in [0.2, 0.25) is 0 Å². The van der Waals surface area contributed by atoms with E-state index in [0.717, 1.165) is 17.5 Å². The van der Waals surface area contributed by atoms with E-state index in [0.29, 0.717) is 12.1 Å². The van der Waals surface area contributed by atoms with Gasteiger partial charge in [0.05, 0.1) is 6.04 Å². The van der Waals surface area contributed by atoms with Gasteiger partial charge >= 0.3 is 6.03 Å². The molecule has 2 aromatic rings. The number of carbonyl (C=O) groups is 2. The molecule has 0 heterocycles. The summed E-state index contributed by atoms with van der Waals surface area (Å²) in [6.07, 6.45) is 1.29. The average molecular weight is 338 g/mol. The first-order valence-corrected chi connectivity index (χ1v) is 8.72. The number of benzene rings is 2. The third-order valence-corrected chi connectivity index (χ3v) is 4.25. The van der Waals surface area contributed by atoms with Crippen molar-refractivity contribution < 1.29 is 9.59 Å². The lowest BCUT2D eigenvalue weighted by Gasteiger charge is -2.15. The summed E-state index contributed by atoms with van der Waals surface area (Å²) in [5.74, 6) is 0.0310. The van der Waals surface area contributed by atoms with Gasteiger partial charge in [0, 0.05) is 18.5 Å². The Morgan fingerprint density at radius 2 is 1.64 bits per heavy atom. The second-order valence-electron chi connectivity index (χ2n) is 6.26. The van der Waals surface area contributed by atoms with Gasteiger partial charge in [-0.2, -0.15) is 0 Å². The molecule has 0 saturated carbocycles. The molecule has 0 aliphatic heterocycles. The van der Waals surface area contributed by atoms with Crippen molar-refractivity contribution in [2.24, 2.45) is 0 Å². The Labute approximate surface area is 149 Å². The van der Waals surface area contributed by atoms with Crippen molar-refractivity contribution in [3.8, 4) is 0 Å². The summed E-state index contributed by atoms with van der Waals surface area (Å²) in [6, 6.07) is 15.3. The second-order valence-corrected chi connectivity index (χ2v) is 6.26. The molecule has 0 spiro atoms. The number of nitrogens with one attached hydrogen (secondary N) is 2. The first-order valence-electron chi connectivity index (χ1n) is 8.72. The third-order valence-electron chi connectivity index (χ3n) is 4.25. The molecule has 0 aliphatic rings. The Balaban J connectivity index is 1.76. The van der Waals surface area contributed by atoms with Crippen LogP contribution < -0.4 is 10.6 Å². The summed E-state index contributed by atoms with van der Waals surface area (Å²) >= 11 is 0. The van der Waals surface area contributed by atoms with Crippen LogP contribution in [0.4, 0.5) is 4.79 Å². The molecule has 25 heavy (non-hydrogen) atoms. The highest BCUT2D eigenvalue weighted by molar-refractivity contribution is 5.96. The van der Waals surface area contributed by atoms with Gasteiger partial charge in [-0.15, -0.1) is 0 Å². The topological polar surface area (TPSA) is 58.2 Å². The second kappa shape index (κ2) is 9.02. The number of aryl methyl sites for hydroxylation is 2. The van der Waals surface area contributed by atoms with Gasteiger partial charge in [0.15, 0.2) is 5.78 Å². The van der Waals surface area contributed by atoms with E-state index >= 15 is 0 Å². The molecule has 0 saturated heterocycles. The molecule has 2 rings (SSSR count). The van der Waals surface area contributed by atoms with E-state index in [1.807, 2.05) is 50.2 Å². The molecular weight excluding hydrogens is 312 g/mol. The number of carbonyl (C=O) groups excluding carboxylic acids is 2. The molecule has 2 aromatic carbocycles. The van der Waals surface area contributed by atoms with Gasteiger partial charge in [-0.3, -0.25) is 4.79 Å². The van der Waals surface area contributed by atoms with E-state index in [1.54, 1.807) is 0 Å². The van der Waals surface area contributed by atoms with Crippen LogP contribution in [0.15, 0.2) is 48.5 Å². The predicted molar refractivity (Wildman–Crippen MR) is 101 cm³/mol. The maximum atomic E-state index is 12.1. The molecule has 0 aliphatic carbocycles. The van der Waals surface area contributed by atoms with Crippen LogP contribution in [0, 0.1) is 6.92 Å². The van der Waals surface area contributed by atoms with E-state index in [1.165, 1.54) is 5.56 Å². The van der Waals surface area contributed by atoms with Gasteiger partial charge in [0.1, 0.15) is 0 Å². The Morgan fingerprint density at radius 1 is 1.00 bits per heavy atom. The zero-order valence-corrected chi connectivity index (χ0v) is 15.1. The molecule has 4 heteroatoms. The van der Waals surface area contributed by atoms with Gasteiger partial charge in [0.25, 0.3) is 0 Å². The quantitative estimate of drug-likeness (QED) is 0.744. The van der Waals surface area contributed by atoms with E-state index in [2.05, 4.69) is 29.7 Å². The van der Waals surface area contributed by atoms with Crippen molar-refractivity contribution >= 4 is 11.8 Å². The molecule has 1 unspecified atom stereocenters. The molecule has 0 fully saturated rings. The minimum Gasteiger partial charge on any atom is -0.338 e. The Morgan fingerprint density at radius 3 is 2.24 bits per heavy atom. The lowest BCUT2D eigenvalue weighted by molar-refractivity contribution is 0.0983. The van der Waals surface area contributed by atoms with Gasteiger partial charge < -0.3 is 10.6 Å². The fourth-order valence-corrected chi connectivity index (χ4v) is 2.55. The molecule has 0 radical (unpaired) electrons. The van der Waals surface area contributed by atoms with E-state index in [-0.39, 0.29) is 24.3 Å². The fourth-order valence-electron chi connectivity index (χ4n) is 2.55. The minimum atomic E-state index is -0.260. The highest BCUT2D eigenvalue weighted by Crippen LogP contribution is 2.13. The van der Waals surface area contributed by atoms with Crippen molar-refractivity contribution in [3.05, 3.63) is 70.8 Å². The summed E-state index contributed by atoms with van der Waals surface area (Å²) in [7, 11) is 0. The Bertz CT molecular complexity index is 706. The zero-order chi connectivity index (χ0) is 18.2. The van der Waals surface area contributed by atoms with E-state index < -0.39 is 0 Å². The number of rotatable bonds is 7. The van der Waals surface area contributed by atoms with E-state index in [4.69, 9.17) is 0 Å². The van der Waals surface area contributed by atoms with Gasteiger partial charge in [-0.05, 0) is 31.4 Å². The van der Waals surface area contributed by atoms with Crippen molar-refractivity contribution in [1.29, 1.82) is 0 Å². The minimum absolute atomic E-state index is 0.0310. The summed E-state index contributed by atoms with van der Waals surface area (Å²) < 4.78 is 0. The van der Waals surface area contributed by atoms with Crippen LogP contribution in [0.3, 0.4) is 0 Å². The lowest BCUT2D eigenvalue weighted by atomic mass is 10.1. The molecule has 2 N–H and O–H groups in total. The van der Waals surface area contributed by atoms with Crippen molar-refractivity contribution in [2.75, 3.05) is 6.54 Å². The third kappa shape index (κ3) is 5.75. The maximum absolute atomic E-state index is 12.1. The number of urea groups is 1. The molecule has 0 aromatic heterocycles. The number of ketones is 1. The summed E-state index contributed by atoms with van der Waals surface area (Å²) in [6.45, 7) is 6.36. The first kappa shape index (κ1) is 18.7. The fraction of sp³-hybridized carbons (Fsp3) is 0.333. The summed E-state index contributed by atoms with van der Waals surface area (Å²) in [4.78, 5) is 24.0. The summed E-state index contributed by atoms with van der Waals surface area (Å²) in [5, 5.41) is 5.64. The smallest absolute Gasteiger partial charge is 0.315 e. The average Bonchev–Trinajstić information content (AvgIpc) is 2.62. The van der Waals surface area contributed by atoms with Crippen LogP contribution in [-0.2, 0) is 6.42 Å². The van der Waals surface area contributed by atoms with Crippen molar-refractivity contribution in [1.82, 2.24) is 10.6 Å². The van der Waals surface area contributed by atoms with Crippen LogP contribution in [0.25, 0.3) is 0 Å². The number of Topliss-reactive ketones (excluding diaryl/α,β-unsaturated/α-hetero) is 1. The maximum Gasteiger partial charge on any atom is 0.315 e. The van der Waals surface area contributed by atoms with Crippen molar-refractivity contribution in [2.45, 2.75) is 39.7 Å². The first-order chi connectivity index (χ1) is 12.0. The highest BCUT2D eigenvalue weighted by atomic mass is 16.2. The highest BCUT2D eigenvalue weighted by Gasteiger charge is 2.10. The number of hydrogen-bond acceptors (Lipinski definition) is 2. The normalized spacial score (nSPS) is 11.6. The molecular formula is C21H26N2O2. The molecule has 2 amide bonds.